The van der Waals surface area contributed by atoms with Crippen LogP contribution in [0.15, 0.2) is 27.1 Å². The van der Waals surface area contributed by atoms with Crippen molar-refractivity contribution in [2.45, 2.75) is 31.7 Å². The number of likely N-dealkylation sites (tertiary alicyclic amines) is 1. The van der Waals surface area contributed by atoms with E-state index < -0.39 is 0 Å². The standard InChI is InChI=1S/C16H20Br2N2O/c17-12-5-6-13(14(18)9-12)16(21)20-8-2-3-11(10-20)15-4-1-7-19-15/h5-6,9,11,15,19H,1-4,7-8,10H2. The fourth-order valence-electron chi connectivity index (χ4n) is 3.47. The first-order valence-electron chi connectivity index (χ1n) is 7.63. The molecular weight excluding hydrogens is 396 g/mol. The average molecular weight is 416 g/mol. The number of amides is 1. The Morgan fingerprint density at radius 2 is 2.10 bits per heavy atom. The minimum atomic E-state index is 0.150. The smallest absolute Gasteiger partial charge is 0.255 e. The summed E-state index contributed by atoms with van der Waals surface area (Å²) in [5.74, 6) is 0.761. The number of hydrogen-bond acceptors (Lipinski definition) is 2. The molecule has 3 nitrogen and oxygen atoms in total. The molecule has 0 radical (unpaired) electrons. The van der Waals surface area contributed by atoms with Gasteiger partial charge >= 0.3 is 0 Å². The van der Waals surface area contributed by atoms with Crippen LogP contribution < -0.4 is 5.32 Å². The first-order chi connectivity index (χ1) is 10.1. The third-order valence-corrected chi connectivity index (χ3v) is 5.72. The third-order valence-electron chi connectivity index (χ3n) is 4.57. The molecule has 2 saturated heterocycles. The summed E-state index contributed by atoms with van der Waals surface area (Å²) >= 11 is 6.94. The van der Waals surface area contributed by atoms with Gasteiger partial charge in [-0.1, -0.05) is 15.9 Å². The lowest BCUT2D eigenvalue weighted by molar-refractivity contribution is 0.0650. The van der Waals surface area contributed by atoms with Crippen LogP contribution in [-0.2, 0) is 0 Å². The van der Waals surface area contributed by atoms with Gasteiger partial charge in [0.1, 0.15) is 0 Å². The zero-order valence-corrected chi connectivity index (χ0v) is 15.1. The van der Waals surface area contributed by atoms with Crippen molar-refractivity contribution in [3.05, 3.63) is 32.7 Å². The average Bonchev–Trinajstić information content (AvgIpc) is 3.01. The van der Waals surface area contributed by atoms with E-state index >= 15 is 0 Å². The lowest BCUT2D eigenvalue weighted by Gasteiger charge is -2.36. The quantitative estimate of drug-likeness (QED) is 0.796. The van der Waals surface area contributed by atoms with Gasteiger partial charge in [0.15, 0.2) is 0 Å². The first kappa shape index (κ1) is 15.5. The number of nitrogens with one attached hydrogen (secondary N) is 1. The van der Waals surface area contributed by atoms with Gasteiger partial charge in [0.05, 0.1) is 5.56 Å². The molecule has 2 atom stereocenters. The number of piperidine rings is 1. The van der Waals surface area contributed by atoms with Crippen molar-refractivity contribution in [3.8, 4) is 0 Å². The topological polar surface area (TPSA) is 32.3 Å². The molecule has 0 aliphatic carbocycles. The van der Waals surface area contributed by atoms with Crippen molar-refractivity contribution in [2.75, 3.05) is 19.6 Å². The van der Waals surface area contributed by atoms with Crippen LogP contribution in [0.25, 0.3) is 0 Å². The van der Waals surface area contributed by atoms with E-state index in [9.17, 15) is 4.79 Å². The Labute approximate surface area is 142 Å². The highest BCUT2D eigenvalue weighted by Gasteiger charge is 2.31. The Kier molecular flexibility index (Phi) is 5.02. The molecule has 21 heavy (non-hydrogen) atoms. The summed E-state index contributed by atoms with van der Waals surface area (Å²) in [6.07, 6.45) is 4.88. The van der Waals surface area contributed by atoms with Gasteiger partial charge in [-0.2, -0.15) is 0 Å². The summed E-state index contributed by atoms with van der Waals surface area (Å²) in [4.78, 5) is 14.8. The largest absolute Gasteiger partial charge is 0.338 e. The van der Waals surface area contributed by atoms with Gasteiger partial charge in [-0.3, -0.25) is 4.79 Å². The Bertz CT molecular complexity index is 529. The Hall–Kier alpha value is -0.390. The number of carbonyl (C=O) groups excluding carboxylic acids is 1. The van der Waals surface area contributed by atoms with Gasteiger partial charge < -0.3 is 10.2 Å². The SMILES string of the molecule is O=C(c1ccc(Br)cc1Br)N1CCCC(C2CCCN2)C1. The Balaban J connectivity index is 1.71. The highest BCUT2D eigenvalue weighted by Crippen LogP contribution is 2.28. The van der Waals surface area contributed by atoms with Gasteiger partial charge in [0, 0.05) is 28.1 Å². The van der Waals surface area contributed by atoms with Gasteiger partial charge in [-0.25, -0.2) is 0 Å². The molecule has 0 spiro atoms. The maximum atomic E-state index is 12.8. The van der Waals surface area contributed by atoms with Crippen LogP contribution in [-0.4, -0.2) is 36.5 Å². The van der Waals surface area contributed by atoms with E-state index in [0.717, 1.165) is 40.6 Å². The molecule has 114 valence electrons. The van der Waals surface area contributed by atoms with Crippen LogP contribution in [0.1, 0.15) is 36.0 Å². The number of benzene rings is 1. The molecule has 0 saturated carbocycles. The first-order valence-corrected chi connectivity index (χ1v) is 9.21. The van der Waals surface area contributed by atoms with Gasteiger partial charge in [-0.05, 0) is 72.3 Å². The molecule has 1 aromatic rings. The van der Waals surface area contributed by atoms with E-state index in [1.807, 2.05) is 23.1 Å². The summed E-state index contributed by atoms with van der Waals surface area (Å²) in [5, 5.41) is 3.59. The molecule has 1 N–H and O–H groups in total. The number of rotatable bonds is 2. The van der Waals surface area contributed by atoms with Crippen LogP contribution in [0.2, 0.25) is 0 Å². The lowest BCUT2D eigenvalue weighted by atomic mass is 9.89. The van der Waals surface area contributed by atoms with E-state index in [0.29, 0.717) is 12.0 Å². The zero-order valence-electron chi connectivity index (χ0n) is 11.9. The normalized spacial score (nSPS) is 26.1. The lowest BCUT2D eigenvalue weighted by Crippen LogP contribution is -2.45. The molecule has 0 aromatic heterocycles. The van der Waals surface area contributed by atoms with E-state index in [1.165, 1.54) is 19.3 Å². The van der Waals surface area contributed by atoms with Gasteiger partial charge in [0.25, 0.3) is 5.91 Å². The predicted molar refractivity (Wildman–Crippen MR) is 91.5 cm³/mol. The molecule has 3 rings (SSSR count). The van der Waals surface area contributed by atoms with Crippen molar-refractivity contribution >= 4 is 37.8 Å². The monoisotopic (exact) mass is 414 g/mol. The minimum absolute atomic E-state index is 0.150. The molecule has 2 heterocycles. The minimum Gasteiger partial charge on any atom is -0.338 e. The molecule has 1 amide bonds. The summed E-state index contributed by atoms with van der Waals surface area (Å²) in [6.45, 7) is 2.90. The van der Waals surface area contributed by atoms with Crippen molar-refractivity contribution < 1.29 is 4.79 Å². The van der Waals surface area contributed by atoms with Crippen molar-refractivity contribution in [3.63, 3.8) is 0 Å². The van der Waals surface area contributed by atoms with Crippen LogP contribution in [0, 0.1) is 5.92 Å². The maximum absolute atomic E-state index is 12.8. The molecule has 5 heteroatoms. The van der Waals surface area contributed by atoms with E-state index in [1.54, 1.807) is 0 Å². The van der Waals surface area contributed by atoms with Crippen molar-refractivity contribution in [2.24, 2.45) is 5.92 Å². The second-order valence-electron chi connectivity index (χ2n) is 5.98. The van der Waals surface area contributed by atoms with Gasteiger partial charge in [0.2, 0.25) is 0 Å². The van der Waals surface area contributed by atoms with E-state index in [-0.39, 0.29) is 5.91 Å². The molecule has 2 unspecified atom stereocenters. The summed E-state index contributed by atoms with van der Waals surface area (Å²) in [6, 6.07) is 6.37. The van der Waals surface area contributed by atoms with E-state index in [4.69, 9.17) is 0 Å². The second kappa shape index (κ2) is 6.80. The van der Waals surface area contributed by atoms with Crippen molar-refractivity contribution in [1.82, 2.24) is 10.2 Å². The third kappa shape index (κ3) is 3.51. The molecule has 1 aromatic carbocycles. The molecule has 2 aliphatic rings. The predicted octanol–water partition coefficient (Wildman–Crippen LogP) is 3.82. The number of halogens is 2. The van der Waals surface area contributed by atoms with Crippen molar-refractivity contribution in [1.29, 1.82) is 0 Å². The summed E-state index contributed by atoms with van der Waals surface area (Å²) in [7, 11) is 0. The number of nitrogens with zero attached hydrogens (tertiary/aromatic N) is 1. The molecular formula is C16H20Br2N2O. The highest BCUT2D eigenvalue weighted by atomic mass is 79.9. The van der Waals surface area contributed by atoms with Crippen LogP contribution in [0.3, 0.4) is 0 Å². The molecule has 2 aliphatic heterocycles. The Morgan fingerprint density at radius 3 is 2.81 bits per heavy atom. The van der Waals surface area contributed by atoms with Crippen LogP contribution >= 0.6 is 31.9 Å². The fraction of sp³-hybridized carbons (Fsp3) is 0.562. The van der Waals surface area contributed by atoms with Crippen LogP contribution in [0.4, 0.5) is 0 Å². The second-order valence-corrected chi connectivity index (χ2v) is 7.75. The Morgan fingerprint density at radius 1 is 1.24 bits per heavy atom. The zero-order chi connectivity index (χ0) is 14.8. The number of carbonyl (C=O) groups is 1. The molecule has 2 fully saturated rings. The molecule has 0 bridgehead atoms. The van der Waals surface area contributed by atoms with Crippen LogP contribution in [0.5, 0.6) is 0 Å². The summed E-state index contributed by atoms with van der Waals surface area (Å²) < 4.78 is 1.85. The van der Waals surface area contributed by atoms with E-state index in [2.05, 4.69) is 37.2 Å². The van der Waals surface area contributed by atoms with Gasteiger partial charge in [-0.15, -0.1) is 0 Å². The number of hydrogen-bond donors (Lipinski definition) is 1. The highest BCUT2D eigenvalue weighted by molar-refractivity contribution is 9.11. The fourth-order valence-corrected chi connectivity index (χ4v) is 4.69. The maximum Gasteiger partial charge on any atom is 0.255 e. The summed E-state index contributed by atoms with van der Waals surface area (Å²) in [5.41, 5.74) is 0.762.